The van der Waals surface area contributed by atoms with E-state index in [1.54, 1.807) is 20.3 Å². The van der Waals surface area contributed by atoms with Crippen LogP contribution in [0.2, 0.25) is 0 Å². The Labute approximate surface area is 112 Å². The van der Waals surface area contributed by atoms with Crippen molar-refractivity contribution in [2.24, 2.45) is 0 Å². The van der Waals surface area contributed by atoms with Crippen molar-refractivity contribution in [3.05, 3.63) is 48.0 Å². The number of hydrogen-bond donors (Lipinski definition) is 1. The van der Waals surface area contributed by atoms with Gasteiger partial charge < -0.3 is 19.9 Å². The van der Waals surface area contributed by atoms with Crippen molar-refractivity contribution >= 4 is 5.69 Å². The van der Waals surface area contributed by atoms with Gasteiger partial charge in [0, 0.05) is 0 Å². The third-order valence-electron chi connectivity index (χ3n) is 2.76. The molecule has 0 aliphatic heterocycles. The van der Waals surface area contributed by atoms with Gasteiger partial charge in [0.05, 0.1) is 19.9 Å². The summed E-state index contributed by atoms with van der Waals surface area (Å²) in [4.78, 5) is 0. The van der Waals surface area contributed by atoms with Gasteiger partial charge in [-0.3, -0.25) is 0 Å². The summed E-state index contributed by atoms with van der Waals surface area (Å²) in [5, 5.41) is 0. The minimum atomic E-state index is 0.428. The largest absolute Gasteiger partial charge is 0.495 e. The van der Waals surface area contributed by atoms with Crippen molar-refractivity contribution in [1.82, 2.24) is 0 Å². The Morgan fingerprint density at radius 2 is 1.58 bits per heavy atom. The van der Waals surface area contributed by atoms with Gasteiger partial charge in [-0.25, -0.2) is 0 Å². The molecule has 0 spiro atoms. The number of hydrogen-bond acceptors (Lipinski definition) is 4. The third-order valence-corrected chi connectivity index (χ3v) is 2.76. The average molecular weight is 259 g/mol. The van der Waals surface area contributed by atoms with Crippen molar-refractivity contribution in [2.75, 3.05) is 20.0 Å². The molecule has 0 aliphatic rings. The summed E-state index contributed by atoms with van der Waals surface area (Å²) in [6.45, 7) is 0.428. The van der Waals surface area contributed by atoms with Crippen molar-refractivity contribution in [3.8, 4) is 17.2 Å². The lowest BCUT2D eigenvalue weighted by Crippen LogP contribution is -1.99. The molecule has 0 fully saturated rings. The highest BCUT2D eigenvalue weighted by molar-refractivity contribution is 5.53. The standard InChI is InChI=1S/C15H17NO3/c1-17-13-5-3-4-6-14(13)19-10-11-7-8-12(16)15(9-11)18-2/h3-9H,10,16H2,1-2H3. The Morgan fingerprint density at radius 1 is 0.895 bits per heavy atom. The molecule has 0 aliphatic carbocycles. The summed E-state index contributed by atoms with van der Waals surface area (Å²) in [7, 11) is 3.21. The van der Waals surface area contributed by atoms with Crippen LogP contribution in [0.15, 0.2) is 42.5 Å². The third kappa shape index (κ3) is 3.10. The first-order chi connectivity index (χ1) is 9.24. The summed E-state index contributed by atoms with van der Waals surface area (Å²) in [6, 6.07) is 13.1. The van der Waals surface area contributed by atoms with E-state index in [2.05, 4.69) is 0 Å². The van der Waals surface area contributed by atoms with E-state index >= 15 is 0 Å². The van der Waals surface area contributed by atoms with Gasteiger partial charge in [-0.15, -0.1) is 0 Å². The highest BCUT2D eigenvalue weighted by Gasteiger charge is 2.05. The summed E-state index contributed by atoms with van der Waals surface area (Å²) in [5.41, 5.74) is 7.36. The lowest BCUT2D eigenvalue weighted by atomic mass is 10.2. The molecule has 2 rings (SSSR count). The summed E-state index contributed by atoms with van der Waals surface area (Å²) in [5.74, 6) is 2.08. The van der Waals surface area contributed by atoms with E-state index in [1.165, 1.54) is 0 Å². The number of ether oxygens (including phenoxy) is 3. The molecule has 0 heterocycles. The first kappa shape index (κ1) is 13.1. The maximum absolute atomic E-state index is 5.77. The van der Waals surface area contributed by atoms with Crippen molar-refractivity contribution in [2.45, 2.75) is 6.61 Å². The molecule has 0 amide bonds. The van der Waals surface area contributed by atoms with Crippen LogP contribution < -0.4 is 19.9 Å². The van der Waals surface area contributed by atoms with Gasteiger partial charge in [-0.1, -0.05) is 18.2 Å². The maximum atomic E-state index is 5.77. The molecule has 4 nitrogen and oxygen atoms in total. The Balaban J connectivity index is 2.10. The second kappa shape index (κ2) is 6.00. The molecule has 0 aromatic heterocycles. The normalized spacial score (nSPS) is 10.0. The van der Waals surface area contributed by atoms with Crippen molar-refractivity contribution < 1.29 is 14.2 Å². The zero-order valence-electron chi connectivity index (χ0n) is 11.1. The Morgan fingerprint density at radius 3 is 2.26 bits per heavy atom. The van der Waals surface area contributed by atoms with Gasteiger partial charge in [0.25, 0.3) is 0 Å². The van der Waals surface area contributed by atoms with Crippen LogP contribution in [0.4, 0.5) is 5.69 Å². The summed E-state index contributed by atoms with van der Waals surface area (Å²) < 4.78 is 16.1. The molecular weight excluding hydrogens is 242 g/mol. The average Bonchev–Trinajstić information content (AvgIpc) is 2.46. The number of nitrogens with two attached hydrogens (primary N) is 1. The van der Waals surface area contributed by atoms with Crippen LogP contribution in [-0.2, 0) is 6.61 Å². The SMILES string of the molecule is COc1cc(COc2ccccc2OC)ccc1N. The van der Waals surface area contributed by atoms with Gasteiger partial charge in [0.1, 0.15) is 12.4 Å². The highest BCUT2D eigenvalue weighted by Crippen LogP contribution is 2.28. The Bertz CT molecular complexity index is 555. The number of benzene rings is 2. The van der Waals surface area contributed by atoms with Crippen LogP contribution >= 0.6 is 0 Å². The van der Waals surface area contributed by atoms with E-state index in [1.807, 2.05) is 36.4 Å². The molecule has 19 heavy (non-hydrogen) atoms. The van der Waals surface area contributed by atoms with Crippen LogP contribution in [0, 0.1) is 0 Å². The molecule has 0 atom stereocenters. The molecule has 2 aromatic carbocycles. The molecule has 4 heteroatoms. The second-order valence-electron chi connectivity index (χ2n) is 4.02. The fourth-order valence-electron chi connectivity index (χ4n) is 1.74. The summed E-state index contributed by atoms with van der Waals surface area (Å²) in [6.07, 6.45) is 0. The summed E-state index contributed by atoms with van der Waals surface area (Å²) >= 11 is 0. The lowest BCUT2D eigenvalue weighted by Gasteiger charge is -2.11. The van der Waals surface area contributed by atoms with Crippen LogP contribution in [0.1, 0.15) is 5.56 Å². The smallest absolute Gasteiger partial charge is 0.161 e. The Hall–Kier alpha value is -2.36. The highest BCUT2D eigenvalue weighted by atomic mass is 16.5. The number of methoxy groups -OCH3 is 2. The quantitative estimate of drug-likeness (QED) is 0.839. The zero-order chi connectivity index (χ0) is 13.7. The number of anilines is 1. The van der Waals surface area contributed by atoms with E-state index < -0.39 is 0 Å². The maximum Gasteiger partial charge on any atom is 0.161 e. The fraction of sp³-hybridized carbons (Fsp3) is 0.200. The zero-order valence-corrected chi connectivity index (χ0v) is 11.1. The van der Waals surface area contributed by atoms with Crippen molar-refractivity contribution in [3.63, 3.8) is 0 Å². The van der Waals surface area contributed by atoms with Gasteiger partial charge in [-0.05, 0) is 29.8 Å². The van der Waals surface area contributed by atoms with Crippen LogP contribution in [-0.4, -0.2) is 14.2 Å². The molecule has 0 radical (unpaired) electrons. The van der Waals surface area contributed by atoms with Crippen LogP contribution in [0.3, 0.4) is 0 Å². The monoisotopic (exact) mass is 259 g/mol. The number of nitrogen functional groups attached to an aromatic ring is 1. The number of rotatable bonds is 5. The molecule has 0 saturated heterocycles. The first-order valence-corrected chi connectivity index (χ1v) is 5.93. The molecule has 0 unspecified atom stereocenters. The predicted molar refractivity (Wildman–Crippen MR) is 74.7 cm³/mol. The molecule has 0 saturated carbocycles. The van der Waals surface area contributed by atoms with Gasteiger partial charge in [0.2, 0.25) is 0 Å². The van der Waals surface area contributed by atoms with E-state index in [0.717, 1.165) is 5.56 Å². The Kier molecular flexibility index (Phi) is 4.13. The van der Waals surface area contributed by atoms with Gasteiger partial charge in [-0.2, -0.15) is 0 Å². The minimum absolute atomic E-state index is 0.428. The minimum Gasteiger partial charge on any atom is -0.495 e. The molecule has 2 aromatic rings. The molecular formula is C15H17NO3. The molecule has 0 bridgehead atoms. The van der Waals surface area contributed by atoms with E-state index in [0.29, 0.717) is 29.5 Å². The van der Waals surface area contributed by atoms with E-state index in [-0.39, 0.29) is 0 Å². The fourth-order valence-corrected chi connectivity index (χ4v) is 1.74. The lowest BCUT2D eigenvalue weighted by molar-refractivity contribution is 0.284. The second-order valence-corrected chi connectivity index (χ2v) is 4.02. The van der Waals surface area contributed by atoms with Gasteiger partial charge >= 0.3 is 0 Å². The molecule has 100 valence electrons. The molecule has 2 N–H and O–H groups in total. The first-order valence-electron chi connectivity index (χ1n) is 5.93. The van der Waals surface area contributed by atoms with E-state index in [9.17, 15) is 0 Å². The van der Waals surface area contributed by atoms with Crippen LogP contribution in [0.5, 0.6) is 17.2 Å². The van der Waals surface area contributed by atoms with Crippen LogP contribution in [0.25, 0.3) is 0 Å². The topological polar surface area (TPSA) is 53.7 Å². The number of para-hydroxylation sites is 2. The predicted octanol–water partition coefficient (Wildman–Crippen LogP) is 2.87. The van der Waals surface area contributed by atoms with Gasteiger partial charge in [0.15, 0.2) is 11.5 Å². The van der Waals surface area contributed by atoms with Crippen molar-refractivity contribution in [1.29, 1.82) is 0 Å². The van der Waals surface area contributed by atoms with E-state index in [4.69, 9.17) is 19.9 Å².